The maximum Gasteiger partial charge on any atom is 0.251 e. The Morgan fingerprint density at radius 2 is 2.04 bits per heavy atom. The van der Waals surface area contributed by atoms with Gasteiger partial charge in [0.05, 0.1) is 10.7 Å². The third-order valence-electron chi connectivity index (χ3n) is 4.14. The van der Waals surface area contributed by atoms with Crippen molar-refractivity contribution in [1.29, 1.82) is 0 Å². The van der Waals surface area contributed by atoms with Crippen LogP contribution in [0.3, 0.4) is 0 Å². The Hall–Kier alpha value is -2.31. The molecule has 0 saturated heterocycles. The minimum Gasteiger partial charge on any atom is -0.489 e. The number of nitrogens with one attached hydrogen (secondary N) is 1. The van der Waals surface area contributed by atoms with Gasteiger partial charge < -0.3 is 10.1 Å². The third-order valence-corrected chi connectivity index (χ3v) is 5.04. The molecule has 146 valence electrons. The molecule has 0 saturated carbocycles. The lowest BCUT2D eigenvalue weighted by atomic mass is 10.1. The summed E-state index contributed by atoms with van der Waals surface area (Å²) < 4.78 is 8.57. The molecule has 0 spiro atoms. The highest BCUT2D eigenvalue weighted by Crippen LogP contribution is 2.18. The van der Waals surface area contributed by atoms with Crippen LogP contribution in [0.15, 0.2) is 59.2 Å². The van der Waals surface area contributed by atoms with Crippen LogP contribution in [0, 0.1) is 6.92 Å². The fourth-order valence-electron chi connectivity index (χ4n) is 2.65. The molecular weight excluding hydrogens is 442 g/mol. The number of carbonyl (C=O) groups is 1. The third kappa shape index (κ3) is 5.84. The molecule has 0 fully saturated rings. The number of hydrogen-bond donors (Lipinski definition) is 1. The van der Waals surface area contributed by atoms with Gasteiger partial charge in [-0.3, -0.25) is 9.48 Å². The normalized spacial score (nSPS) is 10.7. The van der Waals surface area contributed by atoms with Crippen LogP contribution in [0.25, 0.3) is 0 Å². The molecule has 2 aromatic carbocycles. The Bertz CT molecular complexity index is 922. The first-order valence-electron chi connectivity index (χ1n) is 8.96. The second kappa shape index (κ2) is 9.75. The lowest BCUT2D eigenvalue weighted by Gasteiger charge is -2.09. The SMILES string of the molecule is Cc1nn(CCCNC(=O)c2cccc(COc3ccc(Br)cc3)c2)cc1Cl. The summed E-state index contributed by atoms with van der Waals surface area (Å²) in [5.41, 5.74) is 2.37. The molecule has 3 rings (SSSR count). The quantitative estimate of drug-likeness (QED) is 0.479. The van der Waals surface area contributed by atoms with E-state index in [2.05, 4.69) is 26.3 Å². The summed E-state index contributed by atoms with van der Waals surface area (Å²) in [6.07, 6.45) is 2.57. The number of carbonyl (C=O) groups excluding carboxylic acids is 1. The molecule has 0 aliphatic heterocycles. The summed E-state index contributed by atoms with van der Waals surface area (Å²) >= 11 is 9.39. The van der Waals surface area contributed by atoms with Crippen LogP contribution in [0.4, 0.5) is 0 Å². The molecule has 1 N–H and O–H groups in total. The topological polar surface area (TPSA) is 56.2 Å². The predicted molar refractivity (Wildman–Crippen MR) is 114 cm³/mol. The first-order valence-corrected chi connectivity index (χ1v) is 10.1. The highest BCUT2D eigenvalue weighted by Gasteiger charge is 2.07. The highest BCUT2D eigenvalue weighted by molar-refractivity contribution is 9.10. The summed E-state index contributed by atoms with van der Waals surface area (Å²) in [5, 5.41) is 7.90. The fourth-order valence-corrected chi connectivity index (χ4v) is 3.07. The maximum absolute atomic E-state index is 12.4. The molecule has 1 aromatic heterocycles. The van der Waals surface area contributed by atoms with E-state index in [4.69, 9.17) is 16.3 Å². The number of benzene rings is 2. The molecule has 0 bridgehead atoms. The number of rotatable bonds is 8. The maximum atomic E-state index is 12.4. The van der Waals surface area contributed by atoms with Gasteiger partial charge in [-0.25, -0.2) is 0 Å². The molecule has 0 aliphatic rings. The van der Waals surface area contributed by atoms with Gasteiger partial charge in [0.2, 0.25) is 0 Å². The van der Waals surface area contributed by atoms with Gasteiger partial charge in [-0.15, -0.1) is 0 Å². The number of nitrogens with zero attached hydrogens (tertiary/aromatic N) is 2. The van der Waals surface area contributed by atoms with E-state index < -0.39 is 0 Å². The van der Waals surface area contributed by atoms with Crippen LogP contribution in [0.1, 0.15) is 28.0 Å². The van der Waals surface area contributed by atoms with Gasteiger partial charge in [0.15, 0.2) is 0 Å². The number of amides is 1. The Kier molecular flexibility index (Phi) is 7.12. The number of aryl methyl sites for hydroxylation is 2. The fraction of sp³-hybridized carbons (Fsp3) is 0.238. The summed E-state index contributed by atoms with van der Waals surface area (Å²) in [7, 11) is 0. The van der Waals surface area contributed by atoms with Crippen molar-refractivity contribution in [1.82, 2.24) is 15.1 Å². The van der Waals surface area contributed by atoms with E-state index in [0.717, 1.165) is 27.9 Å². The first kappa shape index (κ1) is 20.4. The second-order valence-electron chi connectivity index (χ2n) is 6.38. The van der Waals surface area contributed by atoms with Gasteiger partial charge in [0.25, 0.3) is 5.91 Å². The van der Waals surface area contributed by atoms with Crippen molar-refractivity contribution in [3.05, 3.63) is 81.0 Å². The van der Waals surface area contributed by atoms with E-state index in [0.29, 0.717) is 30.3 Å². The number of ether oxygens (including phenoxy) is 1. The molecule has 5 nitrogen and oxygen atoms in total. The molecule has 0 atom stereocenters. The van der Waals surface area contributed by atoms with E-state index in [1.54, 1.807) is 16.9 Å². The van der Waals surface area contributed by atoms with Crippen molar-refractivity contribution in [2.75, 3.05) is 6.54 Å². The van der Waals surface area contributed by atoms with Crippen LogP contribution < -0.4 is 10.1 Å². The van der Waals surface area contributed by atoms with Crippen LogP contribution in [0.2, 0.25) is 5.02 Å². The van der Waals surface area contributed by atoms with Crippen molar-refractivity contribution in [3.63, 3.8) is 0 Å². The largest absolute Gasteiger partial charge is 0.489 e. The zero-order chi connectivity index (χ0) is 19.9. The molecule has 0 unspecified atom stereocenters. The lowest BCUT2D eigenvalue weighted by molar-refractivity contribution is 0.0952. The van der Waals surface area contributed by atoms with Gasteiger partial charge in [0, 0.05) is 29.3 Å². The summed E-state index contributed by atoms with van der Waals surface area (Å²) in [6, 6.07) is 15.1. The van der Waals surface area contributed by atoms with E-state index in [-0.39, 0.29) is 5.91 Å². The van der Waals surface area contributed by atoms with Gasteiger partial charge in [-0.05, 0) is 55.3 Å². The number of hydrogen-bond acceptors (Lipinski definition) is 3. The minimum absolute atomic E-state index is 0.0971. The predicted octanol–water partition coefficient (Wildman–Crippen LogP) is 5.01. The van der Waals surface area contributed by atoms with Crippen molar-refractivity contribution < 1.29 is 9.53 Å². The lowest BCUT2D eigenvalue weighted by Crippen LogP contribution is -2.25. The van der Waals surface area contributed by atoms with E-state index in [1.165, 1.54) is 0 Å². The van der Waals surface area contributed by atoms with Crippen LogP contribution in [0.5, 0.6) is 5.75 Å². The van der Waals surface area contributed by atoms with Crippen LogP contribution >= 0.6 is 27.5 Å². The van der Waals surface area contributed by atoms with Crippen LogP contribution in [-0.2, 0) is 13.2 Å². The zero-order valence-corrected chi connectivity index (χ0v) is 17.8. The number of aromatic nitrogens is 2. The minimum atomic E-state index is -0.0971. The van der Waals surface area contributed by atoms with E-state index >= 15 is 0 Å². The average Bonchev–Trinajstić information content (AvgIpc) is 3.02. The van der Waals surface area contributed by atoms with Gasteiger partial charge in [-0.1, -0.05) is 39.7 Å². The van der Waals surface area contributed by atoms with Crippen molar-refractivity contribution in [3.8, 4) is 5.75 Å². The molecule has 1 heterocycles. The summed E-state index contributed by atoms with van der Waals surface area (Å²) in [6.45, 7) is 3.54. The Morgan fingerprint density at radius 3 is 2.75 bits per heavy atom. The molecule has 1 amide bonds. The van der Waals surface area contributed by atoms with Gasteiger partial charge in [0.1, 0.15) is 12.4 Å². The monoisotopic (exact) mass is 461 g/mol. The Morgan fingerprint density at radius 1 is 1.25 bits per heavy atom. The first-order chi connectivity index (χ1) is 13.5. The van der Waals surface area contributed by atoms with Gasteiger partial charge >= 0.3 is 0 Å². The standard InChI is InChI=1S/C21H21BrClN3O2/c1-15-20(23)13-26(25-15)11-3-10-24-21(27)17-5-2-4-16(12-17)14-28-19-8-6-18(22)7-9-19/h2,4-9,12-13H,3,10-11,14H2,1H3,(H,24,27). The zero-order valence-electron chi connectivity index (χ0n) is 15.5. The van der Waals surface area contributed by atoms with Crippen molar-refractivity contribution in [2.45, 2.75) is 26.5 Å². The summed E-state index contributed by atoms with van der Waals surface area (Å²) in [4.78, 5) is 12.4. The van der Waals surface area contributed by atoms with Crippen molar-refractivity contribution >= 4 is 33.4 Å². The number of halogens is 2. The molecule has 0 aliphatic carbocycles. The van der Waals surface area contributed by atoms with Crippen molar-refractivity contribution in [2.24, 2.45) is 0 Å². The summed E-state index contributed by atoms with van der Waals surface area (Å²) in [5.74, 6) is 0.687. The Labute approximate surface area is 177 Å². The molecular formula is C21H21BrClN3O2. The Balaban J connectivity index is 1.47. The average molecular weight is 463 g/mol. The highest BCUT2D eigenvalue weighted by atomic mass is 79.9. The smallest absolute Gasteiger partial charge is 0.251 e. The molecule has 28 heavy (non-hydrogen) atoms. The van der Waals surface area contributed by atoms with Crippen LogP contribution in [-0.4, -0.2) is 22.2 Å². The molecule has 7 heteroatoms. The van der Waals surface area contributed by atoms with Gasteiger partial charge in [-0.2, -0.15) is 5.10 Å². The second-order valence-corrected chi connectivity index (χ2v) is 7.70. The van der Waals surface area contributed by atoms with E-state index in [9.17, 15) is 4.79 Å². The molecule has 3 aromatic rings. The molecule has 0 radical (unpaired) electrons. The van der Waals surface area contributed by atoms with E-state index in [1.807, 2.05) is 49.4 Å².